The number of amides is 1. The van der Waals surface area contributed by atoms with Gasteiger partial charge in [-0.25, -0.2) is 0 Å². The zero-order chi connectivity index (χ0) is 15.9. The van der Waals surface area contributed by atoms with E-state index in [0.29, 0.717) is 5.37 Å². The number of hydrogen-bond acceptors (Lipinski definition) is 4. The van der Waals surface area contributed by atoms with Gasteiger partial charge >= 0.3 is 0 Å². The Morgan fingerprint density at radius 2 is 1.70 bits per heavy atom. The second-order valence-electron chi connectivity index (χ2n) is 8.08. The highest BCUT2D eigenvalue weighted by molar-refractivity contribution is 8.01. The first-order chi connectivity index (χ1) is 8.74. The molecule has 1 saturated heterocycles. The van der Waals surface area contributed by atoms with E-state index in [4.69, 9.17) is 0 Å². The SMILES string of the molecule is CC1SC(C)(C)NC(NC(=O)C(C)(C)C)N1C(C)(C)C. The summed E-state index contributed by atoms with van der Waals surface area (Å²) in [5, 5.41) is 7.03. The molecule has 0 saturated carbocycles. The molecule has 0 aromatic heterocycles. The largest absolute Gasteiger partial charge is 0.327 e. The molecule has 2 atom stereocenters. The van der Waals surface area contributed by atoms with Crippen molar-refractivity contribution in [3.63, 3.8) is 0 Å². The van der Waals surface area contributed by atoms with Gasteiger partial charge < -0.3 is 5.32 Å². The predicted molar refractivity (Wildman–Crippen MR) is 87.2 cm³/mol. The van der Waals surface area contributed by atoms with Gasteiger partial charge in [0.2, 0.25) is 5.91 Å². The van der Waals surface area contributed by atoms with Crippen LogP contribution in [0.15, 0.2) is 0 Å². The van der Waals surface area contributed by atoms with E-state index in [1.54, 1.807) is 0 Å². The van der Waals surface area contributed by atoms with Crippen molar-refractivity contribution < 1.29 is 4.79 Å². The van der Waals surface area contributed by atoms with E-state index in [2.05, 4.69) is 57.1 Å². The molecule has 5 heteroatoms. The highest BCUT2D eigenvalue weighted by Crippen LogP contribution is 2.37. The van der Waals surface area contributed by atoms with E-state index >= 15 is 0 Å². The van der Waals surface area contributed by atoms with Gasteiger partial charge in [0.05, 0.1) is 10.2 Å². The minimum atomic E-state index is -0.386. The van der Waals surface area contributed by atoms with Gasteiger partial charge in [0.15, 0.2) is 0 Å². The summed E-state index contributed by atoms with van der Waals surface area (Å²) in [4.78, 5) is 14.6. The molecule has 1 rings (SSSR count). The van der Waals surface area contributed by atoms with Crippen molar-refractivity contribution >= 4 is 17.7 Å². The van der Waals surface area contributed by atoms with E-state index in [9.17, 15) is 4.79 Å². The van der Waals surface area contributed by atoms with Crippen LogP contribution in [0.25, 0.3) is 0 Å². The number of rotatable bonds is 1. The normalized spacial score (nSPS) is 28.2. The van der Waals surface area contributed by atoms with Gasteiger partial charge in [-0.05, 0) is 41.5 Å². The molecule has 1 aliphatic rings. The molecule has 1 heterocycles. The number of nitrogens with zero attached hydrogens (tertiary/aromatic N) is 1. The monoisotopic (exact) mass is 301 g/mol. The van der Waals surface area contributed by atoms with Crippen molar-refractivity contribution in [2.75, 3.05) is 0 Å². The summed E-state index contributed by atoms with van der Waals surface area (Å²) in [6.45, 7) is 18.9. The maximum Gasteiger partial charge on any atom is 0.227 e. The van der Waals surface area contributed by atoms with Crippen LogP contribution in [-0.4, -0.2) is 32.9 Å². The second-order valence-corrected chi connectivity index (χ2v) is 10.0. The molecule has 1 aliphatic heterocycles. The smallest absolute Gasteiger partial charge is 0.227 e. The van der Waals surface area contributed by atoms with Gasteiger partial charge in [-0.2, -0.15) is 0 Å². The van der Waals surface area contributed by atoms with Crippen LogP contribution in [0.2, 0.25) is 0 Å². The minimum Gasteiger partial charge on any atom is -0.327 e. The van der Waals surface area contributed by atoms with Crippen molar-refractivity contribution in [2.24, 2.45) is 5.41 Å². The third-order valence-corrected chi connectivity index (χ3v) is 4.62. The van der Waals surface area contributed by atoms with Crippen LogP contribution in [0.3, 0.4) is 0 Å². The van der Waals surface area contributed by atoms with Crippen LogP contribution in [-0.2, 0) is 4.79 Å². The number of carbonyl (C=O) groups excluding carboxylic acids is 1. The van der Waals surface area contributed by atoms with Crippen molar-refractivity contribution in [1.29, 1.82) is 0 Å². The molecule has 118 valence electrons. The lowest BCUT2D eigenvalue weighted by Crippen LogP contribution is -2.71. The van der Waals surface area contributed by atoms with Crippen LogP contribution >= 0.6 is 11.8 Å². The fourth-order valence-corrected chi connectivity index (χ4v) is 4.09. The number of hydrogen-bond donors (Lipinski definition) is 2. The highest BCUT2D eigenvalue weighted by Gasteiger charge is 2.43. The lowest BCUT2D eigenvalue weighted by Gasteiger charge is -2.53. The lowest BCUT2D eigenvalue weighted by molar-refractivity contribution is -0.132. The summed E-state index contributed by atoms with van der Waals surface area (Å²) < 4.78 is 0. The molecule has 0 bridgehead atoms. The molecule has 1 amide bonds. The number of thioether (sulfide) groups is 1. The zero-order valence-corrected chi connectivity index (χ0v) is 15.2. The Morgan fingerprint density at radius 3 is 2.10 bits per heavy atom. The minimum absolute atomic E-state index is 0.0221. The van der Waals surface area contributed by atoms with Gasteiger partial charge in [0.1, 0.15) is 6.29 Å². The summed E-state index contributed by atoms with van der Waals surface area (Å²) >= 11 is 1.88. The van der Waals surface area contributed by atoms with E-state index in [1.807, 2.05) is 32.5 Å². The zero-order valence-electron chi connectivity index (χ0n) is 14.4. The second kappa shape index (κ2) is 5.50. The highest BCUT2D eigenvalue weighted by atomic mass is 32.2. The van der Waals surface area contributed by atoms with Crippen molar-refractivity contribution in [2.45, 2.75) is 84.4 Å². The fourth-order valence-electron chi connectivity index (χ4n) is 2.50. The first-order valence-electron chi connectivity index (χ1n) is 7.29. The molecule has 2 N–H and O–H groups in total. The molecule has 0 spiro atoms. The van der Waals surface area contributed by atoms with E-state index in [-0.39, 0.29) is 28.0 Å². The van der Waals surface area contributed by atoms with Gasteiger partial charge in [-0.15, -0.1) is 11.8 Å². The van der Waals surface area contributed by atoms with Crippen LogP contribution in [0, 0.1) is 5.41 Å². The van der Waals surface area contributed by atoms with E-state index in [1.165, 1.54) is 0 Å². The quantitative estimate of drug-likeness (QED) is 0.781. The van der Waals surface area contributed by atoms with Crippen molar-refractivity contribution in [3.8, 4) is 0 Å². The fraction of sp³-hybridized carbons (Fsp3) is 0.933. The topological polar surface area (TPSA) is 44.4 Å². The predicted octanol–water partition coefficient (Wildman–Crippen LogP) is 2.95. The molecule has 0 radical (unpaired) electrons. The van der Waals surface area contributed by atoms with Crippen molar-refractivity contribution in [1.82, 2.24) is 15.5 Å². The van der Waals surface area contributed by atoms with Gasteiger partial charge in [0, 0.05) is 11.0 Å². The molecule has 4 nitrogen and oxygen atoms in total. The third kappa shape index (κ3) is 4.37. The van der Waals surface area contributed by atoms with Gasteiger partial charge in [-0.1, -0.05) is 20.8 Å². The summed E-state index contributed by atoms with van der Waals surface area (Å²) in [5.74, 6) is 0.0687. The summed E-state index contributed by atoms with van der Waals surface area (Å²) in [7, 11) is 0. The average Bonchev–Trinajstić information content (AvgIpc) is 2.09. The van der Waals surface area contributed by atoms with Gasteiger partial charge in [0.25, 0.3) is 0 Å². The molecular formula is C15H31N3OS. The number of nitrogens with one attached hydrogen (secondary N) is 2. The number of carbonyl (C=O) groups is 1. The van der Waals surface area contributed by atoms with Gasteiger partial charge in [-0.3, -0.25) is 15.0 Å². The average molecular weight is 302 g/mol. The Labute approximate surface area is 128 Å². The maximum atomic E-state index is 12.3. The molecule has 0 aromatic carbocycles. The summed E-state index contributed by atoms with van der Waals surface area (Å²) in [5.41, 5.74) is -0.408. The Kier molecular flexibility index (Phi) is 4.89. The van der Waals surface area contributed by atoms with Crippen LogP contribution in [0.1, 0.15) is 62.3 Å². The van der Waals surface area contributed by atoms with E-state index < -0.39 is 0 Å². The standard InChI is InChI=1S/C15H31N3OS/c1-10-18(14(5,6)7)12(17-15(8,9)20-10)16-11(19)13(2,3)4/h10,12,17H,1-9H3,(H,16,19). The molecule has 1 fully saturated rings. The Hall–Kier alpha value is -0.260. The molecule has 2 unspecified atom stereocenters. The summed E-state index contributed by atoms with van der Waals surface area (Å²) in [6, 6.07) is 0. The molecule has 20 heavy (non-hydrogen) atoms. The van der Waals surface area contributed by atoms with Crippen LogP contribution < -0.4 is 10.6 Å². The molecule has 0 aliphatic carbocycles. The van der Waals surface area contributed by atoms with Crippen molar-refractivity contribution in [3.05, 3.63) is 0 Å². The Bertz CT molecular complexity index is 368. The maximum absolute atomic E-state index is 12.3. The lowest BCUT2D eigenvalue weighted by atomic mass is 9.95. The molecule has 0 aromatic rings. The van der Waals surface area contributed by atoms with Crippen LogP contribution in [0.4, 0.5) is 0 Å². The third-order valence-electron chi connectivity index (χ3n) is 3.34. The first-order valence-corrected chi connectivity index (χ1v) is 8.17. The van der Waals surface area contributed by atoms with Crippen LogP contribution in [0.5, 0.6) is 0 Å². The first kappa shape index (κ1) is 17.8. The summed E-state index contributed by atoms with van der Waals surface area (Å²) in [6.07, 6.45) is -0.145. The van der Waals surface area contributed by atoms with E-state index in [0.717, 1.165) is 0 Å². The molecular weight excluding hydrogens is 270 g/mol. The Morgan fingerprint density at radius 1 is 1.20 bits per heavy atom. The Balaban J connectivity index is 2.99.